The van der Waals surface area contributed by atoms with Crippen LogP contribution >= 0.6 is 15.9 Å². The third kappa shape index (κ3) is 4.10. The smallest absolute Gasteiger partial charge is 0.166 e. The Morgan fingerprint density at radius 2 is 2.12 bits per heavy atom. The molecule has 0 aliphatic carbocycles. The van der Waals surface area contributed by atoms with Gasteiger partial charge in [0, 0.05) is 4.47 Å². The van der Waals surface area contributed by atoms with E-state index >= 15 is 0 Å². The second-order valence-electron chi connectivity index (χ2n) is 4.54. The van der Waals surface area contributed by atoms with Crippen molar-refractivity contribution in [3.8, 4) is 5.75 Å². The largest absolute Gasteiger partial charge is 0.490 e. The Bertz CT molecular complexity index is 355. The molecule has 0 fully saturated rings. The lowest BCUT2D eigenvalue weighted by Crippen LogP contribution is -2.25. The van der Waals surface area contributed by atoms with E-state index in [2.05, 4.69) is 29.8 Å². The SMILES string of the molecule is CC(C)(CN)CCOc1ccc(Br)cc1F. The minimum atomic E-state index is -0.347. The number of rotatable bonds is 5. The number of nitrogens with two attached hydrogens (primary N) is 1. The van der Waals surface area contributed by atoms with E-state index in [1.165, 1.54) is 6.07 Å². The molecule has 0 spiro atoms. The summed E-state index contributed by atoms with van der Waals surface area (Å²) in [6, 6.07) is 4.77. The number of hydrogen-bond acceptors (Lipinski definition) is 2. The van der Waals surface area contributed by atoms with Gasteiger partial charge in [-0.2, -0.15) is 0 Å². The number of hydrogen-bond donors (Lipinski definition) is 1. The first-order valence-corrected chi connectivity index (χ1v) is 6.02. The maximum Gasteiger partial charge on any atom is 0.166 e. The van der Waals surface area contributed by atoms with Crippen molar-refractivity contribution >= 4 is 15.9 Å². The minimum absolute atomic E-state index is 0.0336. The van der Waals surface area contributed by atoms with Crippen molar-refractivity contribution in [2.45, 2.75) is 20.3 Å². The monoisotopic (exact) mass is 289 g/mol. The molecule has 0 atom stereocenters. The third-order valence-corrected chi connectivity index (χ3v) is 2.98. The molecule has 0 aliphatic heterocycles. The molecule has 0 saturated carbocycles. The van der Waals surface area contributed by atoms with Crippen LogP contribution in [0.15, 0.2) is 22.7 Å². The zero-order valence-corrected chi connectivity index (χ0v) is 11.2. The molecule has 0 aliphatic rings. The molecule has 0 bridgehead atoms. The highest BCUT2D eigenvalue weighted by molar-refractivity contribution is 9.10. The highest BCUT2D eigenvalue weighted by Crippen LogP contribution is 2.23. The second-order valence-corrected chi connectivity index (χ2v) is 5.46. The molecule has 0 amide bonds. The molecule has 1 aromatic rings. The molecule has 0 unspecified atom stereocenters. The minimum Gasteiger partial charge on any atom is -0.490 e. The van der Waals surface area contributed by atoms with Crippen LogP contribution in [0.2, 0.25) is 0 Å². The van der Waals surface area contributed by atoms with E-state index in [0.29, 0.717) is 17.6 Å². The highest BCUT2D eigenvalue weighted by atomic mass is 79.9. The fourth-order valence-corrected chi connectivity index (χ4v) is 1.46. The molecular weight excluding hydrogens is 273 g/mol. The van der Waals surface area contributed by atoms with Crippen LogP contribution in [0.1, 0.15) is 20.3 Å². The molecule has 2 N–H and O–H groups in total. The van der Waals surface area contributed by atoms with E-state index < -0.39 is 0 Å². The first kappa shape index (κ1) is 13.5. The molecule has 2 nitrogen and oxygen atoms in total. The van der Waals surface area contributed by atoms with Gasteiger partial charge in [0.05, 0.1) is 6.61 Å². The topological polar surface area (TPSA) is 35.2 Å². The summed E-state index contributed by atoms with van der Waals surface area (Å²) in [6.07, 6.45) is 0.805. The summed E-state index contributed by atoms with van der Waals surface area (Å²) in [5.74, 6) is -0.0593. The van der Waals surface area contributed by atoms with Crippen molar-refractivity contribution in [1.82, 2.24) is 0 Å². The Labute approximate surface area is 104 Å². The summed E-state index contributed by atoms with van der Waals surface area (Å²) in [5.41, 5.74) is 5.63. The van der Waals surface area contributed by atoms with Gasteiger partial charge >= 0.3 is 0 Å². The van der Waals surface area contributed by atoms with Crippen molar-refractivity contribution in [2.75, 3.05) is 13.2 Å². The summed E-state index contributed by atoms with van der Waals surface area (Å²) < 4.78 is 19.5. The van der Waals surface area contributed by atoms with Gasteiger partial charge in [0.25, 0.3) is 0 Å². The molecule has 0 aromatic heterocycles. The Morgan fingerprint density at radius 1 is 1.44 bits per heavy atom. The Hall–Kier alpha value is -0.610. The Morgan fingerprint density at radius 3 is 2.69 bits per heavy atom. The Balaban J connectivity index is 2.49. The summed E-state index contributed by atoms with van der Waals surface area (Å²) in [4.78, 5) is 0. The van der Waals surface area contributed by atoms with Crippen LogP contribution in [0.25, 0.3) is 0 Å². The van der Waals surface area contributed by atoms with Crippen molar-refractivity contribution < 1.29 is 9.13 Å². The van der Waals surface area contributed by atoms with Gasteiger partial charge in [-0.3, -0.25) is 0 Å². The third-order valence-electron chi connectivity index (χ3n) is 2.48. The van der Waals surface area contributed by atoms with E-state index in [0.717, 1.165) is 6.42 Å². The van der Waals surface area contributed by atoms with Crippen LogP contribution in [-0.2, 0) is 0 Å². The predicted molar refractivity (Wildman–Crippen MR) is 67.0 cm³/mol. The first-order chi connectivity index (χ1) is 7.44. The van der Waals surface area contributed by atoms with E-state index in [4.69, 9.17) is 10.5 Å². The van der Waals surface area contributed by atoms with Gasteiger partial charge in [-0.1, -0.05) is 29.8 Å². The number of halogens is 2. The zero-order chi connectivity index (χ0) is 12.2. The van der Waals surface area contributed by atoms with Gasteiger partial charge < -0.3 is 10.5 Å². The average molecular weight is 290 g/mol. The molecule has 0 radical (unpaired) electrons. The average Bonchev–Trinajstić information content (AvgIpc) is 2.21. The van der Waals surface area contributed by atoms with Gasteiger partial charge in [-0.25, -0.2) is 4.39 Å². The second kappa shape index (κ2) is 5.64. The lowest BCUT2D eigenvalue weighted by atomic mass is 9.90. The maximum absolute atomic E-state index is 13.4. The van der Waals surface area contributed by atoms with Crippen LogP contribution < -0.4 is 10.5 Å². The van der Waals surface area contributed by atoms with Crippen LogP contribution in [0.5, 0.6) is 5.75 Å². The number of ether oxygens (including phenoxy) is 1. The fourth-order valence-electron chi connectivity index (χ4n) is 1.13. The molecule has 16 heavy (non-hydrogen) atoms. The van der Waals surface area contributed by atoms with Gasteiger partial charge in [0.2, 0.25) is 0 Å². The van der Waals surface area contributed by atoms with Crippen LogP contribution in [0.4, 0.5) is 4.39 Å². The number of benzene rings is 1. The van der Waals surface area contributed by atoms with E-state index in [1.54, 1.807) is 12.1 Å². The van der Waals surface area contributed by atoms with Crippen molar-refractivity contribution in [1.29, 1.82) is 0 Å². The van der Waals surface area contributed by atoms with Gasteiger partial charge in [-0.15, -0.1) is 0 Å². The normalized spacial score (nSPS) is 11.6. The summed E-state index contributed by atoms with van der Waals surface area (Å²) in [5, 5.41) is 0. The van der Waals surface area contributed by atoms with E-state index in [1.807, 2.05) is 0 Å². The van der Waals surface area contributed by atoms with E-state index in [-0.39, 0.29) is 17.0 Å². The zero-order valence-electron chi connectivity index (χ0n) is 9.59. The molecule has 1 aromatic carbocycles. The van der Waals surface area contributed by atoms with Crippen molar-refractivity contribution in [3.05, 3.63) is 28.5 Å². The van der Waals surface area contributed by atoms with Crippen molar-refractivity contribution in [2.24, 2.45) is 11.1 Å². The summed E-state index contributed by atoms with van der Waals surface area (Å²) in [7, 11) is 0. The van der Waals surface area contributed by atoms with Gasteiger partial charge in [-0.05, 0) is 36.6 Å². The quantitative estimate of drug-likeness (QED) is 0.902. The highest BCUT2D eigenvalue weighted by Gasteiger charge is 2.15. The summed E-state index contributed by atoms with van der Waals surface area (Å²) in [6.45, 7) is 5.20. The lowest BCUT2D eigenvalue weighted by molar-refractivity contribution is 0.226. The predicted octanol–water partition coefficient (Wildman–Crippen LogP) is 3.34. The van der Waals surface area contributed by atoms with E-state index in [9.17, 15) is 4.39 Å². The lowest BCUT2D eigenvalue weighted by Gasteiger charge is -2.22. The molecule has 90 valence electrons. The van der Waals surface area contributed by atoms with Gasteiger partial charge in [0.1, 0.15) is 0 Å². The van der Waals surface area contributed by atoms with Crippen LogP contribution in [-0.4, -0.2) is 13.2 Å². The first-order valence-electron chi connectivity index (χ1n) is 5.22. The van der Waals surface area contributed by atoms with Crippen LogP contribution in [0.3, 0.4) is 0 Å². The molecule has 1 rings (SSSR count). The standard InChI is InChI=1S/C12H17BrFNO/c1-12(2,8-15)5-6-16-11-4-3-9(13)7-10(11)14/h3-4,7H,5-6,8,15H2,1-2H3. The summed E-state index contributed by atoms with van der Waals surface area (Å²) >= 11 is 3.20. The maximum atomic E-state index is 13.4. The Kier molecular flexibility index (Phi) is 4.74. The molecule has 0 saturated heterocycles. The molecular formula is C12H17BrFNO. The van der Waals surface area contributed by atoms with Gasteiger partial charge in [0.15, 0.2) is 11.6 Å². The molecule has 0 heterocycles. The van der Waals surface area contributed by atoms with Crippen LogP contribution in [0, 0.1) is 11.2 Å². The van der Waals surface area contributed by atoms with Crippen molar-refractivity contribution in [3.63, 3.8) is 0 Å². The fraction of sp³-hybridized carbons (Fsp3) is 0.500. The molecule has 4 heteroatoms.